The van der Waals surface area contributed by atoms with Crippen molar-refractivity contribution in [3.8, 4) is 5.75 Å². The molecular weight excluding hydrogens is 693 g/mol. The molecule has 0 saturated carbocycles. The van der Waals surface area contributed by atoms with Gasteiger partial charge in [-0.25, -0.2) is 4.79 Å². The van der Waals surface area contributed by atoms with Gasteiger partial charge in [0.2, 0.25) is 5.91 Å². The van der Waals surface area contributed by atoms with Crippen molar-refractivity contribution in [3.63, 3.8) is 0 Å². The number of amides is 3. The molecule has 1 aromatic heterocycles. The predicted octanol–water partition coefficient (Wildman–Crippen LogP) is 9.60. The number of rotatable bonds is 7. The topological polar surface area (TPSA) is 78.3 Å². The van der Waals surface area contributed by atoms with E-state index in [9.17, 15) is 4.79 Å². The zero-order valence-corrected chi connectivity index (χ0v) is 33.2. The predicted molar refractivity (Wildman–Crippen MR) is 209 cm³/mol. The molecule has 3 atom stereocenters. The Morgan fingerprint density at radius 2 is 1.52 bits per heavy atom. The van der Waals surface area contributed by atoms with Crippen molar-refractivity contribution in [3.05, 3.63) is 93.2 Å². The van der Waals surface area contributed by atoms with Crippen LogP contribution in [0.25, 0.3) is 0 Å². The van der Waals surface area contributed by atoms with Gasteiger partial charge in [0.15, 0.2) is 0 Å². The smallest absolute Gasteiger partial charge is 0.326 e. The molecule has 0 unspecified atom stereocenters. The molecule has 2 fully saturated rings. The summed E-state index contributed by atoms with van der Waals surface area (Å²) < 4.78 is 6.30. The molecule has 10 heteroatoms. The number of carbonyl (C=O) groups is 2. The fraction of sp³-hybridized carbons (Fsp3) is 0.524. The minimum atomic E-state index is -1.01. The van der Waals surface area contributed by atoms with E-state index < -0.39 is 11.1 Å². The van der Waals surface area contributed by atoms with Crippen LogP contribution in [0.1, 0.15) is 109 Å². The van der Waals surface area contributed by atoms with Crippen LogP contribution in [0.3, 0.4) is 0 Å². The van der Waals surface area contributed by atoms with Crippen LogP contribution in [-0.2, 0) is 21.3 Å². The monoisotopic (exact) mass is 745 g/mol. The zero-order valence-electron chi connectivity index (χ0n) is 31.7. The maximum Gasteiger partial charge on any atom is 0.326 e. The van der Waals surface area contributed by atoms with Crippen molar-refractivity contribution in [2.45, 2.75) is 110 Å². The Labute approximate surface area is 319 Å². The molecule has 2 aromatic carbocycles. The lowest BCUT2D eigenvalue weighted by Gasteiger charge is -2.47. The summed E-state index contributed by atoms with van der Waals surface area (Å²) in [7, 11) is 0. The number of urea groups is 1. The SMILES string of the molecule is CCOc1cc(C(C)(C)C)ncc1C1=N[C@@](C)(c2ccc(Cl)cc2)[C@@](C)(c2ccc(Cl)cc2)N1C(=O)N1CCC(CC(=O)N2CCCC[C@@H]2C)CC1. The average Bonchev–Trinajstić information content (AvgIpc) is 3.36. The number of ether oxygens (including phenoxy) is 1. The summed E-state index contributed by atoms with van der Waals surface area (Å²) in [5.41, 5.74) is 1.13. The number of likely N-dealkylation sites (tertiary alicyclic amines) is 2. The molecule has 0 N–H and O–H groups in total. The highest BCUT2D eigenvalue weighted by atomic mass is 35.5. The second-order valence-corrected chi connectivity index (χ2v) is 16.9. The Bertz CT molecular complexity index is 1800. The van der Waals surface area contributed by atoms with Crippen LogP contribution in [0.4, 0.5) is 4.79 Å². The maximum absolute atomic E-state index is 15.3. The van der Waals surface area contributed by atoms with Crippen molar-refractivity contribution in [2.75, 3.05) is 26.2 Å². The Balaban J connectivity index is 1.42. The van der Waals surface area contributed by atoms with Gasteiger partial charge < -0.3 is 14.5 Å². The van der Waals surface area contributed by atoms with Crippen LogP contribution >= 0.6 is 23.2 Å². The molecule has 0 spiro atoms. The molecule has 3 aliphatic rings. The fourth-order valence-electron chi connectivity index (χ4n) is 8.16. The Hall–Kier alpha value is -3.62. The van der Waals surface area contributed by atoms with Crippen molar-refractivity contribution >= 4 is 41.0 Å². The Morgan fingerprint density at radius 3 is 2.10 bits per heavy atom. The van der Waals surface area contributed by atoms with Crippen LogP contribution in [-0.4, -0.2) is 69.7 Å². The largest absolute Gasteiger partial charge is 0.493 e. The highest BCUT2D eigenvalue weighted by molar-refractivity contribution is 6.30. The fourth-order valence-corrected chi connectivity index (χ4v) is 8.41. The molecule has 3 aromatic rings. The second kappa shape index (κ2) is 15.0. The zero-order chi connectivity index (χ0) is 37.4. The number of amidine groups is 1. The summed E-state index contributed by atoms with van der Waals surface area (Å²) in [4.78, 5) is 45.0. The van der Waals surface area contributed by atoms with Gasteiger partial charge in [0, 0.05) is 65.5 Å². The van der Waals surface area contributed by atoms with Crippen molar-refractivity contribution < 1.29 is 14.3 Å². The van der Waals surface area contributed by atoms with E-state index in [1.165, 1.54) is 6.42 Å². The van der Waals surface area contributed by atoms with E-state index in [1.807, 2.05) is 71.3 Å². The summed E-state index contributed by atoms with van der Waals surface area (Å²) in [6.07, 6.45) is 7.19. The van der Waals surface area contributed by atoms with E-state index in [4.69, 9.17) is 37.9 Å². The quantitative estimate of drug-likeness (QED) is 0.241. The van der Waals surface area contributed by atoms with Gasteiger partial charge >= 0.3 is 6.03 Å². The number of halogens is 2. The van der Waals surface area contributed by atoms with E-state index in [0.29, 0.717) is 59.4 Å². The number of pyridine rings is 1. The molecule has 0 aliphatic carbocycles. The molecule has 0 bridgehead atoms. The van der Waals surface area contributed by atoms with Gasteiger partial charge in [-0.2, -0.15) is 0 Å². The first-order valence-corrected chi connectivity index (χ1v) is 19.6. The number of carbonyl (C=O) groups excluding carboxylic acids is 2. The second-order valence-electron chi connectivity index (χ2n) is 16.0. The standard InChI is InChI=1S/C42H53Cl2N5O3/c1-8-52-35-26-36(40(3,4)5)45-27-34(35)38-46-41(6,30-12-16-32(43)17-13-30)42(7,31-14-18-33(44)19-15-31)49(38)39(51)47-23-20-29(21-24-47)25-37(50)48-22-10-9-11-28(48)2/h12-19,26-29H,8-11,20-25H2,1-7H3/t28-,41-,42+/m0/s1. The highest BCUT2D eigenvalue weighted by Gasteiger charge is 2.60. The van der Waals surface area contributed by atoms with Crippen molar-refractivity contribution in [1.82, 2.24) is 19.7 Å². The number of nitrogens with zero attached hydrogens (tertiary/aromatic N) is 5. The number of aromatic nitrogens is 1. The molecule has 6 rings (SSSR count). The summed E-state index contributed by atoms with van der Waals surface area (Å²) >= 11 is 12.9. The number of aliphatic imine (C=N–C) groups is 1. The van der Waals surface area contributed by atoms with Gasteiger partial charge in [0.25, 0.3) is 0 Å². The molecule has 2 saturated heterocycles. The van der Waals surface area contributed by atoms with Crippen LogP contribution in [0, 0.1) is 5.92 Å². The number of hydrogen-bond acceptors (Lipinski definition) is 5. The minimum Gasteiger partial charge on any atom is -0.493 e. The van der Waals surface area contributed by atoms with E-state index in [-0.39, 0.29) is 23.3 Å². The first kappa shape index (κ1) is 38.1. The maximum atomic E-state index is 15.3. The van der Waals surface area contributed by atoms with Gasteiger partial charge in [0.05, 0.1) is 12.2 Å². The lowest BCUT2D eigenvalue weighted by molar-refractivity contribution is -0.135. The van der Waals surface area contributed by atoms with Gasteiger partial charge in [0.1, 0.15) is 22.7 Å². The minimum absolute atomic E-state index is 0.148. The summed E-state index contributed by atoms with van der Waals surface area (Å²) in [5, 5.41) is 1.22. The molecule has 3 aliphatic heterocycles. The molecule has 8 nitrogen and oxygen atoms in total. The van der Waals surface area contributed by atoms with Gasteiger partial charge in [-0.15, -0.1) is 0 Å². The molecule has 4 heterocycles. The Kier molecular flexibility index (Phi) is 11.0. The lowest BCUT2D eigenvalue weighted by Crippen LogP contribution is -2.59. The summed E-state index contributed by atoms with van der Waals surface area (Å²) in [6.45, 7) is 17.0. The van der Waals surface area contributed by atoms with Crippen molar-refractivity contribution in [2.24, 2.45) is 10.9 Å². The summed E-state index contributed by atoms with van der Waals surface area (Å²) in [6, 6.07) is 17.5. The Morgan fingerprint density at radius 1 is 0.904 bits per heavy atom. The third-order valence-electron chi connectivity index (χ3n) is 11.6. The third kappa shape index (κ3) is 7.17. The van der Waals surface area contributed by atoms with Gasteiger partial charge in [-0.05, 0) is 101 Å². The third-order valence-corrected chi connectivity index (χ3v) is 12.1. The number of benzene rings is 2. The van der Waals surface area contributed by atoms with Crippen LogP contribution in [0.2, 0.25) is 10.0 Å². The van der Waals surface area contributed by atoms with Crippen LogP contribution < -0.4 is 4.74 Å². The lowest BCUT2D eigenvalue weighted by atomic mass is 9.71. The van der Waals surface area contributed by atoms with E-state index in [1.54, 1.807) is 6.20 Å². The highest BCUT2D eigenvalue weighted by Crippen LogP contribution is 2.54. The number of hydrogen-bond donors (Lipinski definition) is 0. The van der Waals surface area contributed by atoms with Crippen LogP contribution in [0.15, 0.2) is 65.8 Å². The molecular formula is C42H53Cl2N5O3. The average molecular weight is 747 g/mol. The molecule has 3 amide bonds. The first-order chi connectivity index (χ1) is 24.7. The van der Waals surface area contributed by atoms with Crippen LogP contribution in [0.5, 0.6) is 5.75 Å². The van der Waals surface area contributed by atoms with Gasteiger partial charge in [-0.3, -0.25) is 19.7 Å². The molecule has 0 radical (unpaired) electrons. The molecule has 52 heavy (non-hydrogen) atoms. The number of piperidine rings is 2. The summed E-state index contributed by atoms with van der Waals surface area (Å²) in [5.74, 6) is 1.60. The van der Waals surface area contributed by atoms with Crippen molar-refractivity contribution in [1.29, 1.82) is 0 Å². The normalized spacial score (nSPS) is 24.2. The van der Waals surface area contributed by atoms with E-state index >= 15 is 4.79 Å². The first-order valence-electron chi connectivity index (χ1n) is 18.8. The van der Waals surface area contributed by atoms with E-state index in [2.05, 4.69) is 46.4 Å². The molecule has 278 valence electrons. The van der Waals surface area contributed by atoms with Gasteiger partial charge in [-0.1, -0.05) is 68.2 Å². The van der Waals surface area contributed by atoms with E-state index in [0.717, 1.165) is 49.0 Å².